The molecule has 2 rings (SSSR count). The van der Waals surface area contributed by atoms with Crippen LogP contribution in [0.3, 0.4) is 0 Å². The topological polar surface area (TPSA) is 98.1 Å². The molecule has 6 heteroatoms. The van der Waals surface area contributed by atoms with Gasteiger partial charge in [-0.15, -0.1) is 0 Å². The Morgan fingerprint density at radius 1 is 1.50 bits per heavy atom. The summed E-state index contributed by atoms with van der Waals surface area (Å²) in [5, 5.41) is 0. The molecule has 1 aliphatic rings. The van der Waals surface area contributed by atoms with Crippen LogP contribution < -0.4 is 16.4 Å². The molecule has 1 fully saturated rings. The first-order valence-corrected chi connectivity index (χ1v) is 6.26. The van der Waals surface area contributed by atoms with Crippen LogP contribution in [0.2, 0.25) is 0 Å². The van der Waals surface area contributed by atoms with E-state index in [4.69, 9.17) is 11.5 Å². The van der Waals surface area contributed by atoms with E-state index in [0.717, 1.165) is 38.2 Å². The molecule has 0 aromatic carbocycles. The molecule has 98 valence electrons. The largest absolute Gasteiger partial charge is 0.382 e. The minimum atomic E-state index is -0.226. The van der Waals surface area contributed by atoms with Gasteiger partial charge in [0.2, 0.25) is 5.91 Å². The van der Waals surface area contributed by atoms with Crippen molar-refractivity contribution < 1.29 is 4.79 Å². The number of aromatic nitrogens is 2. The van der Waals surface area contributed by atoms with Gasteiger partial charge in [0.15, 0.2) is 0 Å². The molecule has 6 nitrogen and oxygen atoms in total. The monoisotopic (exact) mass is 249 g/mol. The van der Waals surface area contributed by atoms with Crippen molar-refractivity contribution in [2.45, 2.75) is 25.7 Å². The molecule has 1 amide bonds. The molecule has 1 aromatic rings. The Morgan fingerprint density at radius 3 is 3.06 bits per heavy atom. The van der Waals surface area contributed by atoms with Crippen molar-refractivity contribution in [3.05, 3.63) is 12.4 Å². The van der Waals surface area contributed by atoms with Crippen molar-refractivity contribution >= 4 is 17.5 Å². The van der Waals surface area contributed by atoms with Crippen LogP contribution >= 0.6 is 0 Å². The minimum absolute atomic E-state index is 0.226. The standard InChI is InChI=1S/C12H19N5O/c13-10-6-15-7-12(16-10)17-5-1-2-9(8-17)3-4-11(14)18/h6-7,9H,1-5,8H2,(H2,13,16)(H2,14,18). The van der Waals surface area contributed by atoms with Gasteiger partial charge in [0.25, 0.3) is 0 Å². The maximum Gasteiger partial charge on any atom is 0.217 e. The van der Waals surface area contributed by atoms with Gasteiger partial charge in [0.05, 0.1) is 12.4 Å². The molecule has 2 heterocycles. The number of nitrogen functional groups attached to an aromatic ring is 1. The van der Waals surface area contributed by atoms with Crippen molar-refractivity contribution in [3.63, 3.8) is 0 Å². The van der Waals surface area contributed by atoms with Crippen molar-refractivity contribution in [1.82, 2.24) is 9.97 Å². The molecule has 4 N–H and O–H groups in total. The van der Waals surface area contributed by atoms with Gasteiger partial charge in [-0.3, -0.25) is 9.78 Å². The lowest BCUT2D eigenvalue weighted by molar-refractivity contribution is -0.118. The number of hydrogen-bond acceptors (Lipinski definition) is 5. The normalized spacial score (nSPS) is 19.8. The van der Waals surface area contributed by atoms with Crippen LogP contribution in [-0.4, -0.2) is 29.0 Å². The molecule has 0 saturated carbocycles. The van der Waals surface area contributed by atoms with Crippen molar-refractivity contribution in [1.29, 1.82) is 0 Å². The predicted molar refractivity (Wildman–Crippen MR) is 69.8 cm³/mol. The summed E-state index contributed by atoms with van der Waals surface area (Å²) in [7, 11) is 0. The minimum Gasteiger partial charge on any atom is -0.382 e. The highest BCUT2D eigenvalue weighted by Crippen LogP contribution is 2.24. The van der Waals surface area contributed by atoms with Gasteiger partial charge in [-0.2, -0.15) is 0 Å². The van der Waals surface area contributed by atoms with E-state index in [1.165, 1.54) is 6.20 Å². The summed E-state index contributed by atoms with van der Waals surface area (Å²) in [5.41, 5.74) is 10.8. The van der Waals surface area contributed by atoms with Crippen LogP contribution in [0.15, 0.2) is 12.4 Å². The Hall–Kier alpha value is -1.85. The number of nitrogens with two attached hydrogens (primary N) is 2. The summed E-state index contributed by atoms with van der Waals surface area (Å²) in [6.45, 7) is 1.86. The zero-order chi connectivity index (χ0) is 13.0. The Balaban J connectivity index is 1.96. The van der Waals surface area contributed by atoms with E-state index in [9.17, 15) is 4.79 Å². The fourth-order valence-corrected chi connectivity index (χ4v) is 2.38. The number of carbonyl (C=O) groups excluding carboxylic acids is 1. The lowest BCUT2D eigenvalue weighted by atomic mass is 9.93. The van der Waals surface area contributed by atoms with E-state index >= 15 is 0 Å². The molecule has 1 atom stereocenters. The average Bonchev–Trinajstić information content (AvgIpc) is 2.37. The van der Waals surface area contributed by atoms with Gasteiger partial charge >= 0.3 is 0 Å². The Morgan fingerprint density at radius 2 is 2.33 bits per heavy atom. The molecule has 1 unspecified atom stereocenters. The highest BCUT2D eigenvalue weighted by molar-refractivity contribution is 5.73. The molecule has 1 aliphatic heterocycles. The summed E-state index contributed by atoms with van der Waals surface area (Å²) in [6, 6.07) is 0. The predicted octanol–water partition coefficient (Wildman–Crippen LogP) is 0.541. The zero-order valence-electron chi connectivity index (χ0n) is 10.4. The van der Waals surface area contributed by atoms with E-state index in [-0.39, 0.29) is 5.91 Å². The number of hydrogen-bond donors (Lipinski definition) is 2. The second kappa shape index (κ2) is 5.66. The van der Waals surface area contributed by atoms with Gasteiger partial charge in [-0.05, 0) is 25.2 Å². The van der Waals surface area contributed by atoms with Gasteiger partial charge in [0.1, 0.15) is 11.6 Å². The van der Waals surface area contributed by atoms with E-state index < -0.39 is 0 Å². The molecule has 18 heavy (non-hydrogen) atoms. The number of primary amides is 1. The number of rotatable bonds is 4. The van der Waals surface area contributed by atoms with Crippen LogP contribution in [0.1, 0.15) is 25.7 Å². The molecule has 1 saturated heterocycles. The third kappa shape index (κ3) is 3.32. The Labute approximate surface area is 106 Å². The Bertz CT molecular complexity index is 423. The summed E-state index contributed by atoms with van der Waals surface area (Å²) >= 11 is 0. The SMILES string of the molecule is NC(=O)CCC1CCCN(c2cncc(N)n2)C1. The highest BCUT2D eigenvalue weighted by Gasteiger charge is 2.21. The molecule has 0 radical (unpaired) electrons. The molecule has 1 aromatic heterocycles. The first-order valence-electron chi connectivity index (χ1n) is 6.26. The van der Waals surface area contributed by atoms with E-state index in [2.05, 4.69) is 14.9 Å². The molecular formula is C12H19N5O. The number of anilines is 2. The fourth-order valence-electron chi connectivity index (χ4n) is 2.38. The summed E-state index contributed by atoms with van der Waals surface area (Å²) in [4.78, 5) is 21.3. The van der Waals surface area contributed by atoms with E-state index in [1.54, 1.807) is 6.20 Å². The Kier molecular flexibility index (Phi) is 3.96. The molecule has 0 spiro atoms. The summed E-state index contributed by atoms with van der Waals surface area (Å²) in [5.74, 6) is 1.52. The second-order valence-electron chi connectivity index (χ2n) is 4.76. The molecular weight excluding hydrogens is 230 g/mol. The van der Waals surface area contributed by atoms with Crippen LogP contribution in [0.4, 0.5) is 11.6 Å². The zero-order valence-corrected chi connectivity index (χ0v) is 10.4. The van der Waals surface area contributed by atoms with Gasteiger partial charge in [0, 0.05) is 19.5 Å². The number of piperidine rings is 1. The highest BCUT2D eigenvalue weighted by atomic mass is 16.1. The summed E-state index contributed by atoms with van der Waals surface area (Å²) in [6.07, 6.45) is 6.81. The van der Waals surface area contributed by atoms with Crippen molar-refractivity contribution in [3.8, 4) is 0 Å². The smallest absolute Gasteiger partial charge is 0.217 e. The van der Waals surface area contributed by atoms with Crippen molar-refractivity contribution in [2.75, 3.05) is 23.7 Å². The maximum absolute atomic E-state index is 10.8. The first kappa shape index (κ1) is 12.6. The van der Waals surface area contributed by atoms with Crippen LogP contribution in [-0.2, 0) is 4.79 Å². The summed E-state index contributed by atoms with van der Waals surface area (Å²) < 4.78 is 0. The maximum atomic E-state index is 10.8. The lowest BCUT2D eigenvalue weighted by Crippen LogP contribution is -2.36. The van der Waals surface area contributed by atoms with Crippen molar-refractivity contribution in [2.24, 2.45) is 11.7 Å². The number of carbonyl (C=O) groups is 1. The first-order chi connectivity index (χ1) is 8.65. The quantitative estimate of drug-likeness (QED) is 0.811. The van der Waals surface area contributed by atoms with E-state index in [0.29, 0.717) is 18.2 Å². The third-order valence-corrected chi connectivity index (χ3v) is 3.28. The molecule has 0 aliphatic carbocycles. The van der Waals surface area contributed by atoms with E-state index in [1.807, 2.05) is 0 Å². The lowest BCUT2D eigenvalue weighted by Gasteiger charge is -2.33. The average molecular weight is 249 g/mol. The fraction of sp³-hybridized carbons (Fsp3) is 0.583. The van der Waals surface area contributed by atoms with Crippen LogP contribution in [0.25, 0.3) is 0 Å². The third-order valence-electron chi connectivity index (χ3n) is 3.28. The molecule has 0 bridgehead atoms. The number of nitrogens with zero attached hydrogens (tertiary/aromatic N) is 3. The van der Waals surface area contributed by atoms with Gasteiger partial charge in [-0.1, -0.05) is 0 Å². The number of amides is 1. The van der Waals surface area contributed by atoms with Crippen LogP contribution in [0.5, 0.6) is 0 Å². The van der Waals surface area contributed by atoms with Gasteiger partial charge in [-0.25, -0.2) is 4.98 Å². The van der Waals surface area contributed by atoms with Crippen LogP contribution in [0, 0.1) is 5.92 Å². The van der Waals surface area contributed by atoms with Gasteiger partial charge < -0.3 is 16.4 Å². The second-order valence-corrected chi connectivity index (χ2v) is 4.76.